The zero-order valence-electron chi connectivity index (χ0n) is 11.2. The molecule has 1 saturated heterocycles. The fourth-order valence-corrected chi connectivity index (χ4v) is 2.24. The Bertz CT molecular complexity index is 507. The van der Waals surface area contributed by atoms with Gasteiger partial charge in [-0.05, 0) is 11.0 Å². The van der Waals surface area contributed by atoms with Crippen LogP contribution < -0.4 is 0 Å². The molecule has 0 atom stereocenters. The number of carbonyl (C=O) groups excluding carboxylic acids is 1. The van der Waals surface area contributed by atoms with Crippen molar-refractivity contribution in [1.29, 1.82) is 0 Å². The molecule has 0 saturated carbocycles. The first-order valence-electron chi connectivity index (χ1n) is 6.30. The predicted molar refractivity (Wildman–Crippen MR) is 69.4 cm³/mol. The molecular weight excluding hydrogens is 266 g/mol. The topological polar surface area (TPSA) is 109 Å². The molecule has 1 fully saturated rings. The van der Waals surface area contributed by atoms with Crippen LogP contribution in [0, 0.1) is 10.1 Å². The zero-order chi connectivity index (χ0) is 14.8. The first kappa shape index (κ1) is 14.5. The van der Waals surface area contributed by atoms with E-state index in [1.54, 1.807) is 7.05 Å². The Kier molecular flexibility index (Phi) is 4.05. The SMILES string of the molecule is CN(CC1(O)CCOCC1)C(=O)c1ccc([N+](=O)[O-])[nH]1. The second-order valence-electron chi connectivity index (χ2n) is 5.01. The molecule has 1 amide bonds. The summed E-state index contributed by atoms with van der Waals surface area (Å²) in [6, 6.07) is 2.61. The molecule has 1 aliphatic heterocycles. The molecule has 2 heterocycles. The van der Waals surface area contributed by atoms with Crippen molar-refractivity contribution in [2.24, 2.45) is 0 Å². The normalized spacial score (nSPS) is 17.7. The van der Waals surface area contributed by atoms with E-state index in [1.165, 1.54) is 17.0 Å². The first-order chi connectivity index (χ1) is 9.41. The Morgan fingerprint density at radius 3 is 2.75 bits per heavy atom. The second-order valence-corrected chi connectivity index (χ2v) is 5.01. The van der Waals surface area contributed by atoms with Crippen LogP contribution in [0.5, 0.6) is 0 Å². The number of hydrogen-bond acceptors (Lipinski definition) is 5. The average molecular weight is 283 g/mol. The van der Waals surface area contributed by atoms with Crippen LogP contribution in [-0.4, -0.2) is 58.2 Å². The van der Waals surface area contributed by atoms with Crippen LogP contribution in [0.1, 0.15) is 23.3 Å². The van der Waals surface area contributed by atoms with Crippen LogP contribution in [0.25, 0.3) is 0 Å². The lowest BCUT2D eigenvalue weighted by Gasteiger charge is -2.35. The fourth-order valence-electron chi connectivity index (χ4n) is 2.24. The minimum atomic E-state index is -0.957. The molecule has 20 heavy (non-hydrogen) atoms. The van der Waals surface area contributed by atoms with E-state index < -0.39 is 16.4 Å². The van der Waals surface area contributed by atoms with Gasteiger partial charge in [-0.15, -0.1) is 0 Å². The maximum Gasteiger partial charge on any atom is 0.321 e. The number of likely N-dealkylation sites (N-methyl/N-ethyl adjacent to an activating group) is 1. The summed E-state index contributed by atoms with van der Waals surface area (Å²) < 4.78 is 5.18. The van der Waals surface area contributed by atoms with Crippen molar-refractivity contribution in [2.75, 3.05) is 26.8 Å². The Hall–Kier alpha value is -1.93. The molecule has 0 aromatic carbocycles. The summed E-state index contributed by atoms with van der Waals surface area (Å²) in [5.74, 6) is -0.621. The van der Waals surface area contributed by atoms with Gasteiger partial charge < -0.3 is 24.9 Å². The van der Waals surface area contributed by atoms with Gasteiger partial charge in [0.2, 0.25) is 0 Å². The summed E-state index contributed by atoms with van der Waals surface area (Å²) in [6.07, 6.45) is 0.936. The molecule has 0 aliphatic carbocycles. The Morgan fingerprint density at radius 1 is 1.55 bits per heavy atom. The number of aromatic nitrogens is 1. The smallest absolute Gasteiger partial charge is 0.321 e. The van der Waals surface area contributed by atoms with Crippen LogP contribution in [0.2, 0.25) is 0 Å². The second kappa shape index (κ2) is 5.59. The van der Waals surface area contributed by atoms with Gasteiger partial charge in [0.25, 0.3) is 5.91 Å². The molecule has 1 aliphatic rings. The molecule has 0 spiro atoms. The highest BCUT2D eigenvalue weighted by Gasteiger charge is 2.33. The molecule has 2 N–H and O–H groups in total. The minimum Gasteiger partial charge on any atom is -0.388 e. The Labute approximate surface area is 115 Å². The number of aromatic amines is 1. The van der Waals surface area contributed by atoms with Crippen LogP contribution in [-0.2, 0) is 4.74 Å². The molecule has 2 rings (SSSR count). The summed E-state index contributed by atoms with van der Waals surface area (Å²) in [5, 5.41) is 20.9. The molecule has 0 bridgehead atoms. The molecule has 110 valence electrons. The van der Waals surface area contributed by atoms with Crippen molar-refractivity contribution in [1.82, 2.24) is 9.88 Å². The maximum atomic E-state index is 12.1. The van der Waals surface area contributed by atoms with E-state index >= 15 is 0 Å². The van der Waals surface area contributed by atoms with Crippen LogP contribution >= 0.6 is 0 Å². The van der Waals surface area contributed by atoms with Gasteiger partial charge in [0.05, 0.1) is 5.60 Å². The minimum absolute atomic E-state index is 0.134. The average Bonchev–Trinajstić information content (AvgIpc) is 2.87. The molecule has 8 heteroatoms. The van der Waals surface area contributed by atoms with Crippen LogP contribution in [0.15, 0.2) is 12.1 Å². The van der Waals surface area contributed by atoms with Crippen molar-refractivity contribution in [3.63, 3.8) is 0 Å². The highest BCUT2D eigenvalue weighted by atomic mass is 16.6. The molecule has 0 radical (unpaired) electrons. The lowest BCUT2D eigenvalue weighted by molar-refractivity contribution is -0.389. The standard InChI is InChI=1S/C12H17N3O5/c1-14(8-12(17)4-6-20-7-5-12)11(16)9-2-3-10(13-9)15(18)19/h2-3,13,17H,4-8H2,1H3. The van der Waals surface area contributed by atoms with Gasteiger partial charge >= 0.3 is 5.82 Å². The molecule has 8 nitrogen and oxygen atoms in total. The van der Waals surface area contributed by atoms with Crippen LogP contribution in [0.4, 0.5) is 5.82 Å². The van der Waals surface area contributed by atoms with E-state index in [0.717, 1.165) is 0 Å². The number of nitrogens with one attached hydrogen (secondary N) is 1. The van der Waals surface area contributed by atoms with Gasteiger partial charge in [-0.3, -0.25) is 4.79 Å². The first-order valence-corrected chi connectivity index (χ1v) is 6.30. The quantitative estimate of drug-likeness (QED) is 0.619. The summed E-state index contributed by atoms with van der Waals surface area (Å²) in [5.41, 5.74) is -0.823. The summed E-state index contributed by atoms with van der Waals surface area (Å²) in [7, 11) is 1.56. The summed E-state index contributed by atoms with van der Waals surface area (Å²) in [4.78, 5) is 25.9. The number of amides is 1. The fraction of sp³-hybridized carbons (Fsp3) is 0.583. The van der Waals surface area contributed by atoms with E-state index in [2.05, 4.69) is 4.98 Å². The van der Waals surface area contributed by atoms with Gasteiger partial charge in [0.15, 0.2) is 5.69 Å². The van der Waals surface area contributed by atoms with E-state index in [4.69, 9.17) is 4.74 Å². The lowest BCUT2D eigenvalue weighted by atomic mass is 9.94. The van der Waals surface area contributed by atoms with Crippen molar-refractivity contribution in [3.8, 4) is 0 Å². The number of aliphatic hydroxyl groups is 1. The highest BCUT2D eigenvalue weighted by Crippen LogP contribution is 2.22. The van der Waals surface area contributed by atoms with Gasteiger partial charge in [-0.1, -0.05) is 0 Å². The maximum absolute atomic E-state index is 12.1. The number of hydrogen-bond donors (Lipinski definition) is 2. The Balaban J connectivity index is 2.02. The third-order valence-electron chi connectivity index (χ3n) is 3.40. The monoisotopic (exact) mass is 283 g/mol. The number of H-pyrrole nitrogens is 1. The van der Waals surface area contributed by atoms with E-state index in [-0.39, 0.29) is 18.1 Å². The third kappa shape index (κ3) is 3.14. The third-order valence-corrected chi connectivity index (χ3v) is 3.40. The van der Waals surface area contributed by atoms with E-state index in [0.29, 0.717) is 26.1 Å². The number of carbonyl (C=O) groups is 1. The van der Waals surface area contributed by atoms with Crippen LogP contribution in [0.3, 0.4) is 0 Å². The van der Waals surface area contributed by atoms with Gasteiger partial charge in [0.1, 0.15) is 0 Å². The number of rotatable bonds is 4. The van der Waals surface area contributed by atoms with Crippen molar-refractivity contribution in [2.45, 2.75) is 18.4 Å². The summed E-state index contributed by atoms with van der Waals surface area (Å²) >= 11 is 0. The van der Waals surface area contributed by atoms with Crippen molar-refractivity contribution >= 4 is 11.7 Å². The number of nitrogens with zero attached hydrogens (tertiary/aromatic N) is 2. The van der Waals surface area contributed by atoms with Crippen molar-refractivity contribution in [3.05, 3.63) is 27.9 Å². The van der Waals surface area contributed by atoms with E-state index in [9.17, 15) is 20.0 Å². The molecule has 1 aromatic rings. The van der Waals surface area contributed by atoms with E-state index in [1.807, 2.05) is 0 Å². The van der Waals surface area contributed by atoms with Crippen molar-refractivity contribution < 1.29 is 19.6 Å². The van der Waals surface area contributed by atoms with Gasteiger partial charge in [0, 0.05) is 45.7 Å². The zero-order valence-corrected chi connectivity index (χ0v) is 11.2. The number of ether oxygens (including phenoxy) is 1. The highest BCUT2D eigenvalue weighted by molar-refractivity contribution is 5.92. The Morgan fingerprint density at radius 2 is 2.20 bits per heavy atom. The predicted octanol–water partition coefficient (Wildman–Crippen LogP) is 0.536. The molecular formula is C12H17N3O5. The number of nitro groups is 1. The molecule has 0 unspecified atom stereocenters. The summed E-state index contributed by atoms with van der Waals surface area (Å²) in [6.45, 7) is 1.10. The lowest BCUT2D eigenvalue weighted by Crippen LogP contribution is -2.47. The molecule has 1 aromatic heterocycles. The van der Waals surface area contributed by atoms with Gasteiger partial charge in [-0.25, -0.2) is 4.98 Å². The van der Waals surface area contributed by atoms with Gasteiger partial charge in [-0.2, -0.15) is 0 Å². The largest absolute Gasteiger partial charge is 0.388 e.